The summed E-state index contributed by atoms with van der Waals surface area (Å²) in [7, 11) is -3.79. The third kappa shape index (κ3) is 6.02. The summed E-state index contributed by atoms with van der Waals surface area (Å²) in [4.78, 5) is 15.1. The first kappa shape index (κ1) is 24.8. The first-order valence-electron chi connectivity index (χ1n) is 10.7. The molecule has 8 heteroatoms. The SMILES string of the molecule is CCCCN(C(=O)c1cc(S(=O)(=O)NCC)ccc1F)C1CC(C)(C)NC(C)(C)C1. The van der Waals surface area contributed by atoms with E-state index < -0.39 is 21.7 Å². The van der Waals surface area contributed by atoms with Crippen molar-refractivity contribution in [2.24, 2.45) is 0 Å². The van der Waals surface area contributed by atoms with E-state index in [0.717, 1.165) is 37.8 Å². The lowest BCUT2D eigenvalue weighted by atomic mass is 9.78. The Kier molecular flexibility index (Phi) is 7.69. The van der Waals surface area contributed by atoms with Crippen LogP contribution in [0.1, 0.15) is 77.6 Å². The highest BCUT2D eigenvalue weighted by Crippen LogP contribution is 2.33. The number of carbonyl (C=O) groups is 1. The number of halogens is 1. The zero-order valence-corrected chi connectivity index (χ0v) is 19.8. The third-order valence-electron chi connectivity index (χ3n) is 5.44. The van der Waals surface area contributed by atoms with Crippen molar-refractivity contribution in [1.82, 2.24) is 14.9 Å². The Morgan fingerprint density at radius 2 is 1.80 bits per heavy atom. The van der Waals surface area contributed by atoms with E-state index in [9.17, 15) is 17.6 Å². The number of nitrogens with zero attached hydrogens (tertiary/aromatic N) is 1. The van der Waals surface area contributed by atoms with E-state index in [4.69, 9.17) is 0 Å². The summed E-state index contributed by atoms with van der Waals surface area (Å²) < 4.78 is 41.8. The van der Waals surface area contributed by atoms with Crippen LogP contribution in [0, 0.1) is 5.82 Å². The zero-order chi connectivity index (χ0) is 22.7. The molecule has 2 N–H and O–H groups in total. The van der Waals surface area contributed by atoms with Gasteiger partial charge >= 0.3 is 0 Å². The lowest BCUT2D eigenvalue weighted by Crippen LogP contribution is -2.63. The fourth-order valence-electron chi connectivity index (χ4n) is 4.53. The molecule has 0 spiro atoms. The van der Waals surface area contributed by atoms with Gasteiger partial charge in [-0.1, -0.05) is 20.3 Å². The Labute approximate surface area is 180 Å². The molecule has 30 heavy (non-hydrogen) atoms. The maximum atomic E-state index is 14.7. The summed E-state index contributed by atoms with van der Waals surface area (Å²) in [5.41, 5.74) is -0.544. The molecular formula is C22H36FN3O3S. The van der Waals surface area contributed by atoms with Gasteiger partial charge in [0.05, 0.1) is 10.5 Å². The molecule has 2 rings (SSSR count). The second-order valence-electron chi connectivity index (χ2n) is 9.45. The van der Waals surface area contributed by atoms with Gasteiger partial charge in [0.15, 0.2) is 0 Å². The van der Waals surface area contributed by atoms with Crippen LogP contribution in [-0.4, -0.2) is 49.4 Å². The molecule has 1 heterocycles. The molecule has 0 radical (unpaired) electrons. The normalized spacial score (nSPS) is 18.9. The minimum Gasteiger partial charge on any atom is -0.335 e. The molecule has 6 nitrogen and oxygen atoms in total. The lowest BCUT2D eigenvalue weighted by molar-refractivity contribution is 0.0437. The van der Waals surface area contributed by atoms with Crippen LogP contribution in [-0.2, 0) is 10.0 Å². The molecule has 0 aromatic heterocycles. The summed E-state index contributed by atoms with van der Waals surface area (Å²) >= 11 is 0. The fourth-order valence-corrected chi connectivity index (χ4v) is 5.60. The first-order valence-corrected chi connectivity index (χ1v) is 12.2. The number of rotatable bonds is 8. The van der Waals surface area contributed by atoms with E-state index in [1.165, 1.54) is 6.07 Å². The maximum absolute atomic E-state index is 14.7. The topological polar surface area (TPSA) is 78.5 Å². The van der Waals surface area contributed by atoms with E-state index in [-0.39, 0.29) is 34.1 Å². The van der Waals surface area contributed by atoms with Crippen LogP contribution in [0.4, 0.5) is 4.39 Å². The molecular weight excluding hydrogens is 405 g/mol. The summed E-state index contributed by atoms with van der Waals surface area (Å²) in [6.07, 6.45) is 3.18. The highest BCUT2D eigenvalue weighted by atomic mass is 32.2. The number of nitrogens with one attached hydrogen (secondary N) is 2. The number of carbonyl (C=O) groups excluding carboxylic acids is 1. The molecule has 1 fully saturated rings. The minimum absolute atomic E-state index is 0.0660. The molecule has 1 aromatic rings. The quantitative estimate of drug-likeness (QED) is 0.645. The molecule has 0 bridgehead atoms. The van der Waals surface area contributed by atoms with Crippen LogP contribution in [0.3, 0.4) is 0 Å². The molecule has 170 valence electrons. The van der Waals surface area contributed by atoms with Gasteiger partial charge in [-0.15, -0.1) is 0 Å². The van der Waals surface area contributed by atoms with Crippen LogP contribution in [0.2, 0.25) is 0 Å². The van der Waals surface area contributed by atoms with Crippen molar-refractivity contribution in [1.29, 1.82) is 0 Å². The highest BCUT2D eigenvalue weighted by molar-refractivity contribution is 7.89. The van der Waals surface area contributed by atoms with Gasteiger partial charge in [0.1, 0.15) is 5.82 Å². The summed E-state index contributed by atoms with van der Waals surface area (Å²) in [5.74, 6) is -1.16. The lowest BCUT2D eigenvalue weighted by Gasteiger charge is -2.49. The van der Waals surface area contributed by atoms with Crippen molar-refractivity contribution >= 4 is 15.9 Å². The van der Waals surface area contributed by atoms with Gasteiger partial charge in [-0.3, -0.25) is 4.79 Å². The highest BCUT2D eigenvalue weighted by Gasteiger charge is 2.41. The molecule has 0 aliphatic carbocycles. The predicted molar refractivity (Wildman–Crippen MR) is 118 cm³/mol. The van der Waals surface area contributed by atoms with Gasteiger partial charge in [-0.2, -0.15) is 0 Å². The predicted octanol–water partition coefficient (Wildman–Crippen LogP) is 3.68. The molecule has 0 unspecified atom stereocenters. The molecule has 0 saturated carbocycles. The van der Waals surface area contributed by atoms with Crippen LogP contribution in [0.25, 0.3) is 0 Å². The van der Waals surface area contributed by atoms with Crippen LogP contribution < -0.4 is 10.0 Å². The summed E-state index contributed by atoms with van der Waals surface area (Å²) in [5, 5.41) is 3.61. The largest absolute Gasteiger partial charge is 0.335 e. The number of unbranched alkanes of at least 4 members (excludes halogenated alkanes) is 1. The van der Waals surface area contributed by atoms with Gasteiger partial charge in [0.2, 0.25) is 10.0 Å². The molecule has 0 atom stereocenters. The van der Waals surface area contributed by atoms with E-state index >= 15 is 0 Å². The summed E-state index contributed by atoms with van der Waals surface area (Å²) in [6.45, 7) is 12.9. The van der Waals surface area contributed by atoms with Crippen molar-refractivity contribution in [2.75, 3.05) is 13.1 Å². The monoisotopic (exact) mass is 441 g/mol. The van der Waals surface area contributed by atoms with Crippen LogP contribution in [0.15, 0.2) is 23.1 Å². The number of amides is 1. The number of hydrogen-bond acceptors (Lipinski definition) is 4. The Balaban J connectivity index is 2.45. The zero-order valence-electron chi connectivity index (χ0n) is 19.0. The van der Waals surface area contributed by atoms with Gasteiger partial charge in [0, 0.05) is 30.2 Å². The number of benzene rings is 1. The molecule has 1 aliphatic heterocycles. The number of hydrogen-bond donors (Lipinski definition) is 2. The molecule has 1 aromatic carbocycles. The smallest absolute Gasteiger partial charge is 0.257 e. The summed E-state index contributed by atoms with van der Waals surface area (Å²) in [6, 6.07) is 3.35. The third-order valence-corrected chi connectivity index (χ3v) is 6.98. The molecule has 1 saturated heterocycles. The van der Waals surface area contributed by atoms with E-state index in [0.29, 0.717) is 6.54 Å². The average Bonchev–Trinajstić information content (AvgIpc) is 2.59. The fraction of sp³-hybridized carbons (Fsp3) is 0.682. The van der Waals surface area contributed by atoms with Gasteiger partial charge in [0.25, 0.3) is 5.91 Å². The average molecular weight is 442 g/mol. The molecule has 1 aliphatic rings. The minimum atomic E-state index is -3.79. The van der Waals surface area contributed by atoms with E-state index in [1.54, 1.807) is 11.8 Å². The van der Waals surface area contributed by atoms with Crippen molar-refractivity contribution in [2.45, 2.75) is 89.2 Å². The van der Waals surface area contributed by atoms with Gasteiger partial charge in [-0.05, 0) is 65.2 Å². The first-order chi connectivity index (χ1) is 13.8. The maximum Gasteiger partial charge on any atom is 0.257 e. The number of sulfonamides is 1. The Hall–Kier alpha value is -1.51. The standard InChI is InChI=1S/C22H36FN3O3S/c1-7-9-12-26(16-14-21(3,4)25-22(5,6)15-16)20(27)18-13-17(10-11-19(18)23)30(28,29)24-8-2/h10-11,13,16,24-25H,7-9,12,14-15H2,1-6H3. The van der Waals surface area contributed by atoms with E-state index in [1.807, 2.05) is 6.92 Å². The van der Waals surface area contributed by atoms with Gasteiger partial charge in [-0.25, -0.2) is 17.5 Å². The van der Waals surface area contributed by atoms with Crippen LogP contribution >= 0.6 is 0 Å². The Bertz CT molecular complexity index is 852. The van der Waals surface area contributed by atoms with Crippen molar-refractivity contribution in [3.05, 3.63) is 29.6 Å². The molecule has 1 amide bonds. The van der Waals surface area contributed by atoms with Gasteiger partial charge < -0.3 is 10.2 Å². The van der Waals surface area contributed by atoms with Crippen molar-refractivity contribution in [3.8, 4) is 0 Å². The Morgan fingerprint density at radius 1 is 1.20 bits per heavy atom. The number of piperidine rings is 1. The van der Waals surface area contributed by atoms with Crippen molar-refractivity contribution in [3.63, 3.8) is 0 Å². The second kappa shape index (κ2) is 9.32. The Morgan fingerprint density at radius 3 is 2.33 bits per heavy atom. The van der Waals surface area contributed by atoms with Crippen molar-refractivity contribution < 1.29 is 17.6 Å². The van der Waals surface area contributed by atoms with E-state index in [2.05, 4.69) is 37.7 Å². The second-order valence-corrected chi connectivity index (χ2v) is 11.2. The van der Waals surface area contributed by atoms with Crippen LogP contribution in [0.5, 0.6) is 0 Å².